The number of benzene rings is 3. The molecule has 4 aromatic rings. The van der Waals surface area contributed by atoms with Crippen molar-refractivity contribution < 1.29 is 14.3 Å². The number of non-ortho nitro benzene ring substituents is 2. The zero-order chi connectivity index (χ0) is 20.8. The predicted molar refractivity (Wildman–Crippen MR) is 113 cm³/mol. The molecule has 7 nitrogen and oxygen atoms in total. The van der Waals surface area contributed by atoms with Crippen molar-refractivity contribution in [2.45, 2.75) is 6.42 Å². The topological polar surface area (TPSA) is 99.4 Å². The van der Waals surface area contributed by atoms with Crippen LogP contribution in [0.2, 0.25) is 0 Å². The number of furan rings is 1. The fraction of sp³-hybridized carbons (Fsp3) is 0.0435. The third-order valence-electron chi connectivity index (χ3n) is 5.30. The Morgan fingerprint density at radius 2 is 1.37 bits per heavy atom. The molecule has 0 fully saturated rings. The molecule has 0 saturated heterocycles. The van der Waals surface area contributed by atoms with Gasteiger partial charge in [0, 0.05) is 35.2 Å². The van der Waals surface area contributed by atoms with E-state index in [9.17, 15) is 20.2 Å². The maximum atomic E-state index is 10.8. The molecular formula is C23H14N2O5. The number of fused-ring (bicyclic) bond motifs is 2. The number of rotatable bonds is 4. The van der Waals surface area contributed by atoms with Crippen LogP contribution in [0.4, 0.5) is 11.4 Å². The third kappa shape index (κ3) is 3.02. The summed E-state index contributed by atoms with van der Waals surface area (Å²) in [6, 6.07) is 18.8. The summed E-state index contributed by atoms with van der Waals surface area (Å²) in [6.07, 6.45) is 2.81. The van der Waals surface area contributed by atoms with E-state index >= 15 is 0 Å². The van der Waals surface area contributed by atoms with E-state index in [1.54, 1.807) is 24.3 Å². The minimum Gasteiger partial charge on any atom is -0.456 e. The molecule has 0 saturated carbocycles. The highest BCUT2D eigenvalue weighted by Gasteiger charge is 2.18. The zero-order valence-electron chi connectivity index (χ0n) is 15.6. The van der Waals surface area contributed by atoms with Gasteiger partial charge in [-0.1, -0.05) is 6.08 Å². The summed E-state index contributed by atoms with van der Waals surface area (Å²) in [5.41, 5.74) is 5.90. The van der Waals surface area contributed by atoms with E-state index in [0.717, 1.165) is 45.2 Å². The van der Waals surface area contributed by atoms with E-state index in [1.807, 2.05) is 12.1 Å². The summed E-state index contributed by atoms with van der Waals surface area (Å²) >= 11 is 0. The molecule has 146 valence electrons. The maximum Gasteiger partial charge on any atom is 0.269 e. The second-order valence-corrected chi connectivity index (χ2v) is 7.15. The van der Waals surface area contributed by atoms with Gasteiger partial charge in [0.15, 0.2) is 0 Å². The number of nitro groups is 2. The second kappa shape index (κ2) is 6.66. The van der Waals surface area contributed by atoms with E-state index < -0.39 is 9.85 Å². The summed E-state index contributed by atoms with van der Waals surface area (Å²) in [6.45, 7) is 0. The molecule has 0 atom stereocenters. The molecule has 0 spiro atoms. The molecule has 0 radical (unpaired) electrons. The van der Waals surface area contributed by atoms with Gasteiger partial charge in [0.1, 0.15) is 11.3 Å². The molecule has 1 aliphatic carbocycles. The summed E-state index contributed by atoms with van der Waals surface area (Å²) in [5, 5.41) is 22.6. The number of hydrogen-bond donors (Lipinski definition) is 0. The van der Waals surface area contributed by atoms with Crippen LogP contribution < -0.4 is 0 Å². The van der Waals surface area contributed by atoms with Crippen molar-refractivity contribution >= 4 is 34.0 Å². The number of hydrogen-bond acceptors (Lipinski definition) is 5. The van der Waals surface area contributed by atoms with Crippen LogP contribution in [-0.4, -0.2) is 9.85 Å². The van der Waals surface area contributed by atoms with Crippen molar-refractivity contribution in [3.05, 3.63) is 104 Å². The van der Waals surface area contributed by atoms with Gasteiger partial charge in [0.05, 0.1) is 9.85 Å². The normalized spacial score (nSPS) is 12.6. The van der Waals surface area contributed by atoms with E-state index in [1.165, 1.54) is 24.3 Å². The molecule has 0 aliphatic heterocycles. The Hall–Kier alpha value is -4.26. The van der Waals surface area contributed by atoms with Gasteiger partial charge in [-0.05, 0) is 71.1 Å². The summed E-state index contributed by atoms with van der Waals surface area (Å²) < 4.78 is 5.99. The standard InChI is InChI=1S/C23H14N2O5/c26-24(27)20-5-1-14(2-6-20)16-9-17-11-19-13-22(30-23(19)12-18(17)10-16)15-3-7-21(8-4-15)25(28)29/h1-8,10-13H,9H2. The van der Waals surface area contributed by atoms with Crippen LogP contribution in [0, 0.1) is 20.2 Å². The fourth-order valence-corrected chi connectivity index (χ4v) is 3.75. The molecule has 3 aromatic carbocycles. The lowest BCUT2D eigenvalue weighted by molar-refractivity contribution is -0.385. The van der Waals surface area contributed by atoms with E-state index in [-0.39, 0.29) is 11.4 Å². The molecule has 5 rings (SSSR count). The molecule has 0 amide bonds. The minimum absolute atomic E-state index is 0.0396. The molecular weight excluding hydrogens is 384 g/mol. The highest BCUT2D eigenvalue weighted by Crippen LogP contribution is 2.37. The van der Waals surface area contributed by atoms with Gasteiger partial charge in [-0.3, -0.25) is 20.2 Å². The average Bonchev–Trinajstić information content (AvgIpc) is 3.35. The lowest BCUT2D eigenvalue weighted by Crippen LogP contribution is -1.89. The first kappa shape index (κ1) is 17.8. The van der Waals surface area contributed by atoms with Crippen LogP contribution in [0.1, 0.15) is 16.7 Å². The van der Waals surface area contributed by atoms with Gasteiger partial charge in [0.25, 0.3) is 11.4 Å². The van der Waals surface area contributed by atoms with Crippen molar-refractivity contribution in [3.8, 4) is 11.3 Å². The van der Waals surface area contributed by atoms with Crippen molar-refractivity contribution in [1.82, 2.24) is 0 Å². The van der Waals surface area contributed by atoms with Crippen LogP contribution in [0.25, 0.3) is 33.9 Å². The Morgan fingerprint density at radius 1 is 0.767 bits per heavy atom. The van der Waals surface area contributed by atoms with E-state index in [4.69, 9.17) is 4.42 Å². The Morgan fingerprint density at radius 3 is 1.97 bits per heavy atom. The van der Waals surface area contributed by atoms with Crippen molar-refractivity contribution in [1.29, 1.82) is 0 Å². The largest absolute Gasteiger partial charge is 0.456 e. The van der Waals surface area contributed by atoms with Gasteiger partial charge >= 0.3 is 0 Å². The Kier molecular flexibility index (Phi) is 3.96. The quantitative estimate of drug-likeness (QED) is 0.309. The lowest BCUT2D eigenvalue weighted by atomic mass is 10.0. The minimum atomic E-state index is -0.429. The monoisotopic (exact) mass is 398 g/mol. The van der Waals surface area contributed by atoms with Crippen molar-refractivity contribution in [2.24, 2.45) is 0 Å². The smallest absolute Gasteiger partial charge is 0.269 e. The molecule has 1 aromatic heterocycles. The first-order chi connectivity index (χ1) is 14.5. The predicted octanol–water partition coefficient (Wildman–Crippen LogP) is 6.01. The van der Waals surface area contributed by atoms with Gasteiger partial charge in [0.2, 0.25) is 0 Å². The van der Waals surface area contributed by atoms with Crippen molar-refractivity contribution in [2.75, 3.05) is 0 Å². The highest BCUT2D eigenvalue weighted by molar-refractivity contribution is 5.94. The average molecular weight is 398 g/mol. The molecule has 30 heavy (non-hydrogen) atoms. The fourth-order valence-electron chi connectivity index (χ4n) is 3.75. The van der Waals surface area contributed by atoms with Gasteiger partial charge in [-0.15, -0.1) is 0 Å². The molecule has 1 heterocycles. The summed E-state index contributed by atoms with van der Waals surface area (Å²) in [7, 11) is 0. The van der Waals surface area contributed by atoms with Crippen molar-refractivity contribution in [3.63, 3.8) is 0 Å². The molecule has 0 N–H and O–H groups in total. The van der Waals surface area contributed by atoms with Crippen LogP contribution in [0.15, 0.2) is 71.1 Å². The Balaban J connectivity index is 1.46. The van der Waals surface area contributed by atoms with Gasteiger partial charge < -0.3 is 4.42 Å². The second-order valence-electron chi connectivity index (χ2n) is 7.15. The maximum absolute atomic E-state index is 10.8. The summed E-state index contributed by atoms with van der Waals surface area (Å²) in [4.78, 5) is 20.8. The highest BCUT2D eigenvalue weighted by atomic mass is 16.6. The first-order valence-electron chi connectivity index (χ1n) is 9.25. The zero-order valence-corrected chi connectivity index (χ0v) is 15.6. The van der Waals surface area contributed by atoms with Crippen LogP contribution in [0.5, 0.6) is 0 Å². The van der Waals surface area contributed by atoms with Crippen LogP contribution >= 0.6 is 0 Å². The van der Waals surface area contributed by atoms with Crippen LogP contribution in [-0.2, 0) is 6.42 Å². The molecule has 0 unspecified atom stereocenters. The SMILES string of the molecule is O=[N+]([O-])c1ccc(C2=Cc3cc4oc(-c5ccc([N+](=O)[O-])cc5)cc4cc3C2)cc1. The summed E-state index contributed by atoms with van der Waals surface area (Å²) in [5.74, 6) is 0.656. The van der Waals surface area contributed by atoms with Gasteiger partial charge in [-0.2, -0.15) is 0 Å². The third-order valence-corrected chi connectivity index (χ3v) is 5.30. The molecule has 0 bridgehead atoms. The number of nitrogens with zero attached hydrogens (tertiary/aromatic N) is 2. The number of nitro benzene ring substituents is 2. The molecule has 1 aliphatic rings. The van der Waals surface area contributed by atoms with Gasteiger partial charge in [-0.25, -0.2) is 0 Å². The first-order valence-corrected chi connectivity index (χ1v) is 9.25. The molecule has 7 heteroatoms. The lowest BCUT2D eigenvalue weighted by Gasteiger charge is -2.02. The van der Waals surface area contributed by atoms with Crippen LogP contribution in [0.3, 0.4) is 0 Å². The number of allylic oxidation sites excluding steroid dienone is 1. The van der Waals surface area contributed by atoms with E-state index in [0.29, 0.717) is 5.76 Å². The van der Waals surface area contributed by atoms with E-state index in [2.05, 4.69) is 12.1 Å². The Bertz CT molecular complexity index is 1350. The Labute approximate surface area is 170 Å².